The van der Waals surface area contributed by atoms with Crippen LogP contribution in [0.15, 0.2) is 47.4 Å². The van der Waals surface area contributed by atoms with E-state index in [1.807, 2.05) is 55.4 Å². The molecule has 0 aromatic heterocycles. The summed E-state index contributed by atoms with van der Waals surface area (Å²) in [6.07, 6.45) is 3.13. The predicted molar refractivity (Wildman–Crippen MR) is 123 cm³/mol. The van der Waals surface area contributed by atoms with Gasteiger partial charge in [-0.2, -0.15) is 0 Å². The summed E-state index contributed by atoms with van der Waals surface area (Å²) in [4.78, 5) is 2.88. The van der Waals surface area contributed by atoms with Crippen molar-refractivity contribution in [1.29, 1.82) is 0 Å². The van der Waals surface area contributed by atoms with Crippen molar-refractivity contribution in [2.24, 2.45) is 5.41 Å². The first kappa shape index (κ1) is 21.8. The zero-order chi connectivity index (χ0) is 21.2. The van der Waals surface area contributed by atoms with Gasteiger partial charge in [0.05, 0.1) is 16.9 Å². The number of aliphatic hydroxyl groups is 1. The van der Waals surface area contributed by atoms with Gasteiger partial charge >= 0.3 is 0 Å². The van der Waals surface area contributed by atoms with Gasteiger partial charge in [0.15, 0.2) is 0 Å². The van der Waals surface area contributed by atoms with Gasteiger partial charge in [-0.1, -0.05) is 38.8 Å². The van der Waals surface area contributed by atoms with Crippen molar-refractivity contribution in [3.63, 3.8) is 0 Å². The summed E-state index contributed by atoms with van der Waals surface area (Å²) in [5.41, 5.74) is 9.39. The summed E-state index contributed by atoms with van der Waals surface area (Å²) < 4.78 is 13.5. The summed E-state index contributed by atoms with van der Waals surface area (Å²) in [7, 11) is 2.84. The molecule has 1 aliphatic rings. The normalized spacial score (nSPS) is 26.6. The molecule has 0 aliphatic carbocycles. The summed E-state index contributed by atoms with van der Waals surface area (Å²) in [5, 5.41) is 11.8. The minimum atomic E-state index is -1.16. The topological polar surface area (TPSA) is 66.6 Å². The van der Waals surface area contributed by atoms with Gasteiger partial charge in [-0.25, -0.2) is 0 Å². The average molecular weight is 415 g/mol. The Morgan fingerprint density at radius 2 is 1.97 bits per heavy atom. The second-order valence-electron chi connectivity index (χ2n) is 8.52. The van der Waals surface area contributed by atoms with E-state index >= 15 is 0 Å². The molecule has 29 heavy (non-hydrogen) atoms. The molecule has 2 aromatic rings. The molecule has 0 saturated heterocycles. The Kier molecular flexibility index (Phi) is 6.69. The molecule has 1 heterocycles. The van der Waals surface area contributed by atoms with E-state index in [1.165, 1.54) is 0 Å². The Hall–Kier alpha value is -1.85. The quantitative estimate of drug-likeness (QED) is 0.681. The van der Waals surface area contributed by atoms with Crippen LogP contribution in [0, 0.1) is 5.41 Å². The van der Waals surface area contributed by atoms with E-state index in [0.717, 1.165) is 47.4 Å². The molecular weight excluding hydrogens is 380 g/mol. The van der Waals surface area contributed by atoms with Crippen LogP contribution in [0.5, 0.6) is 0 Å². The molecule has 0 bridgehead atoms. The van der Waals surface area contributed by atoms with Crippen LogP contribution in [0.1, 0.15) is 56.6 Å². The first-order chi connectivity index (χ1) is 13.8. The summed E-state index contributed by atoms with van der Waals surface area (Å²) >= 11 is 0. The van der Waals surface area contributed by atoms with Crippen molar-refractivity contribution in [3.05, 3.63) is 53.6 Å². The van der Waals surface area contributed by atoms with E-state index in [2.05, 4.69) is 19.9 Å². The van der Waals surface area contributed by atoms with E-state index in [0.29, 0.717) is 11.4 Å². The monoisotopic (exact) mass is 414 g/mol. The Morgan fingerprint density at radius 3 is 2.59 bits per heavy atom. The molecule has 158 valence electrons. The number of benzene rings is 2. The van der Waals surface area contributed by atoms with Gasteiger partial charge in [-0.3, -0.25) is 4.21 Å². The second kappa shape index (κ2) is 8.88. The molecule has 0 saturated carbocycles. The van der Waals surface area contributed by atoms with E-state index in [9.17, 15) is 9.32 Å². The van der Waals surface area contributed by atoms with Gasteiger partial charge in [0.1, 0.15) is 0 Å². The largest absolute Gasteiger partial charge is 0.399 e. The van der Waals surface area contributed by atoms with Gasteiger partial charge in [0.2, 0.25) is 0 Å². The highest BCUT2D eigenvalue weighted by Crippen LogP contribution is 2.48. The lowest BCUT2D eigenvalue weighted by molar-refractivity contribution is 0.0178. The van der Waals surface area contributed by atoms with Crippen molar-refractivity contribution >= 4 is 22.2 Å². The van der Waals surface area contributed by atoms with Crippen molar-refractivity contribution in [3.8, 4) is 0 Å². The van der Waals surface area contributed by atoms with Crippen molar-refractivity contribution < 1.29 is 9.32 Å². The Bertz CT molecular complexity index is 883. The molecule has 0 fully saturated rings. The van der Waals surface area contributed by atoms with Crippen LogP contribution in [0.4, 0.5) is 11.4 Å². The van der Waals surface area contributed by atoms with Crippen LogP contribution < -0.4 is 10.6 Å². The summed E-state index contributed by atoms with van der Waals surface area (Å²) in [5.74, 6) is 0.245. The molecule has 2 aromatic carbocycles. The highest BCUT2D eigenvalue weighted by atomic mass is 32.2. The molecular formula is C24H34N2O2S. The fourth-order valence-corrected chi connectivity index (χ4v) is 6.43. The minimum absolute atomic E-state index is 0.253. The fraction of sp³-hybridized carbons (Fsp3) is 0.500. The number of nitrogens with two attached hydrogens (primary N) is 1. The minimum Gasteiger partial charge on any atom is -0.399 e. The molecule has 3 rings (SSSR count). The third-order valence-corrected chi connectivity index (χ3v) is 8.15. The molecule has 0 radical (unpaired) electrons. The standard InChI is InChI=1S/C24H34N2O2S/c1-5-7-13-24(6-2)16-29(28)21-12-11-19(26(3)4)15-20(21)22(23(24)27)17-9-8-10-18(25)14-17/h8-12,14-15,22-23,27H,5-7,13,16,25H2,1-4H3/t22-,23-,24+,29?/m0/s1. The van der Waals surface area contributed by atoms with Gasteiger partial charge < -0.3 is 15.7 Å². The lowest BCUT2D eigenvalue weighted by atomic mass is 9.69. The summed E-state index contributed by atoms with van der Waals surface area (Å²) in [6, 6.07) is 13.9. The smallest absolute Gasteiger partial charge is 0.0714 e. The maximum atomic E-state index is 13.5. The number of hydrogen-bond donors (Lipinski definition) is 2. The van der Waals surface area contributed by atoms with Crippen LogP contribution >= 0.6 is 0 Å². The van der Waals surface area contributed by atoms with Crippen LogP contribution in [0.3, 0.4) is 0 Å². The second-order valence-corrected chi connectivity index (χ2v) is 9.94. The zero-order valence-electron chi connectivity index (χ0n) is 18.0. The van der Waals surface area contributed by atoms with E-state index < -0.39 is 16.9 Å². The number of anilines is 2. The number of rotatable bonds is 6. The van der Waals surface area contributed by atoms with Gasteiger partial charge in [0, 0.05) is 47.5 Å². The molecule has 0 spiro atoms. The van der Waals surface area contributed by atoms with Crippen molar-refractivity contribution in [2.75, 3.05) is 30.5 Å². The first-order valence-corrected chi connectivity index (χ1v) is 11.9. The highest BCUT2D eigenvalue weighted by molar-refractivity contribution is 7.85. The maximum absolute atomic E-state index is 13.5. The number of fused-ring (bicyclic) bond motifs is 1. The van der Waals surface area contributed by atoms with Gasteiger partial charge in [0.25, 0.3) is 0 Å². The van der Waals surface area contributed by atoms with Crippen molar-refractivity contribution in [1.82, 2.24) is 0 Å². The van der Waals surface area contributed by atoms with Crippen LogP contribution in [-0.4, -0.2) is 35.3 Å². The third kappa shape index (κ3) is 4.22. The third-order valence-electron chi connectivity index (χ3n) is 6.45. The first-order valence-electron chi connectivity index (χ1n) is 10.6. The fourth-order valence-electron chi connectivity index (χ4n) is 4.56. The zero-order valence-corrected chi connectivity index (χ0v) is 18.8. The van der Waals surface area contributed by atoms with E-state index in [1.54, 1.807) is 0 Å². The lowest BCUT2D eigenvalue weighted by Gasteiger charge is -2.39. The number of hydrogen-bond acceptors (Lipinski definition) is 4. The van der Waals surface area contributed by atoms with Gasteiger partial charge in [-0.15, -0.1) is 0 Å². The molecule has 1 unspecified atom stereocenters. The van der Waals surface area contributed by atoms with Crippen molar-refractivity contribution in [2.45, 2.75) is 56.4 Å². The lowest BCUT2D eigenvalue weighted by Crippen LogP contribution is -2.41. The van der Waals surface area contributed by atoms with E-state index in [-0.39, 0.29) is 11.3 Å². The molecule has 3 N–H and O–H groups in total. The predicted octanol–water partition coefficient (Wildman–Crippen LogP) is 4.54. The highest BCUT2D eigenvalue weighted by Gasteiger charge is 2.46. The molecule has 4 atom stereocenters. The van der Waals surface area contributed by atoms with Crippen LogP contribution in [0.25, 0.3) is 0 Å². The molecule has 0 amide bonds. The number of nitrogens with zero attached hydrogens (tertiary/aromatic N) is 1. The molecule has 5 heteroatoms. The Morgan fingerprint density at radius 1 is 1.21 bits per heavy atom. The summed E-state index contributed by atoms with van der Waals surface area (Å²) in [6.45, 7) is 4.28. The van der Waals surface area contributed by atoms with Crippen LogP contribution in [-0.2, 0) is 10.8 Å². The Labute approximate surface area is 177 Å². The number of unbranched alkanes of at least 4 members (excludes halogenated alkanes) is 1. The number of aliphatic hydroxyl groups excluding tert-OH is 1. The average Bonchev–Trinajstić information content (AvgIpc) is 2.79. The van der Waals surface area contributed by atoms with Crippen LogP contribution in [0.2, 0.25) is 0 Å². The maximum Gasteiger partial charge on any atom is 0.0714 e. The SMILES string of the molecule is CCCC[C@]1(CC)CS(=O)c2ccc(N(C)C)cc2[C@H](c2cccc(N)c2)[C@@H]1O. The Balaban J connectivity index is 2.25. The number of nitrogen functional groups attached to an aromatic ring is 1. The molecule has 1 aliphatic heterocycles. The van der Waals surface area contributed by atoms with Gasteiger partial charge in [-0.05, 0) is 54.3 Å². The van der Waals surface area contributed by atoms with E-state index in [4.69, 9.17) is 5.73 Å². The molecule has 4 nitrogen and oxygen atoms in total.